The van der Waals surface area contributed by atoms with E-state index in [2.05, 4.69) is 31.9 Å². The van der Waals surface area contributed by atoms with Gasteiger partial charge in [-0.3, -0.25) is 10.00 Å². The lowest BCUT2D eigenvalue weighted by molar-refractivity contribution is 0.122. The molecule has 0 aliphatic carbocycles. The van der Waals surface area contributed by atoms with Crippen molar-refractivity contribution in [1.82, 2.24) is 24.9 Å². The van der Waals surface area contributed by atoms with Gasteiger partial charge in [-0.25, -0.2) is 4.39 Å². The fourth-order valence-corrected chi connectivity index (χ4v) is 4.93. The fraction of sp³-hybridized carbons (Fsp3) is 0.609. The molecule has 1 N–H and O–H groups in total. The summed E-state index contributed by atoms with van der Waals surface area (Å²) in [5.74, 6) is 0.955. The van der Waals surface area contributed by atoms with E-state index in [1.54, 1.807) is 0 Å². The number of nitrogens with one attached hydrogen (secondary N) is 1. The minimum atomic E-state index is -0.218. The quantitative estimate of drug-likeness (QED) is 0.753. The highest BCUT2D eigenvalue weighted by Crippen LogP contribution is 2.29. The van der Waals surface area contributed by atoms with Gasteiger partial charge in [-0.15, -0.1) is 0 Å². The van der Waals surface area contributed by atoms with Gasteiger partial charge in [0.25, 0.3) is 0 Å². The van der Waals surface area contributed by atoms with Crippen LogP contribution in [0.5, 0.6) is 0 Å². The second-order valence-corrected chi connectivity index (χ2v) is 8.90. The lowest BCUT2D eigenvalue weighted by Crippen LogP contribution is -2.36. The summed E-state index contributed by atoms with van der Waals surface area (Å²) in [5, 5.41) is 7.37. The number of nitrogens with zero attached hydrogens (tertiary/aromatic N) is 4. The molecule has 0 bridgehead atoms. The molecule has 2 fully saturated rings. The van der Waals surface area contributed by atoms with Crippen molar-refractivity contribution in [3.63, 3.8) is 0 Å². The second kappa shape index (κ2) is 10.0. The number of H-pyrrole nitrogens is 1. The average Bonchev–Trinajstić information content (AvgIpc) is 3.28. The van der Waals surface area contributed by atoms with Crippen LogP contribution >= 0.6 is 0 Å². The number of aromatic nitrogens is 2. The molecule has 2 saturated heterocycles. The molecule has 7 heteroatoms. The largest absolute Gasteiger partial charge is 0.384 e. The third-order valence-corrected chi connectivity index (χ3v) is 6.58. The van der Waals surface area contributed by atoms with E-state index in [0.717, 1.165) is 62.7 Å². The van der Waals surface area contributed by atoms with Gasteiger partial charge >= 0.3 is 0 Å². The van der Waals surface area contributed by atoms with Crippen LogP contribution in [-0.2, 0) is 11.3 Å². The van der Waals surface area contributed by atoms with Gasteiger partial charge < -0.3 is 14.5 Å². The van der Waals surface area contributed by atoms with Crippen LogP contribution in [0.3, 0.4) is 0 Å². The topological polar surface area (TPSA) is 47.6 Å². The van der Waals surface area contributed by atoms with Crippen LogP contribution in [0.1, 0.15) is 12.0 Å². The monoisotopic (exact) mass is 415 g/mol. The van der Waals surface area contributed by atoms with Crippen LogP contribution in [0, 0.1) is 17.7 Å². The minimum Gasteiger partial charge on any atom is -0.384 e. The second-order valence-electron chi connectivity index (χ2n) is 8.90. The number of methoxy groups -OCH3 is 1. The summed E-state index contributed by atoms with van der Waals surface area (Å²) in [6, 6.07) is 6.62. The number of aromatic amines is 1. The summed E-state index contributed by atoms with van der Waals surface area (Å²) in [6.45, 7) is 9.63. The number of halogens is 1. The van der Waals surface area contributed by atoms with E-state index in [-0.39, 0.29) is 5.82 Å². The van der Waals surface area contributed by atoms with Gasteiger partial charge in [0.1, 0.15) is 5.82 Å². The number of hydrogen-bond donors (Lipinski definition) is 1. The number of ether oxygens (including phenoxy) is 1. The van der Waals surface area contributed by atoms with Gasteiger partial charge in [0, 0.05) is 63.4 Å². The van der Waals surface area contributed by atoms with Crippen molar-refractivity contribution in [3.8, 4) is 11.3 Å². The van der Waals surface area contributed by atoms with Gasteiger partial charge in [0.2, 0.25) is 0 Å². The van der Waals surface area contributed by atoms with Crippen LogP contribution in [0.4, 0.5) is 4.39 Å². The number of hydrogen-bond acceptors (Lipinski definition) is 5. The summed E-state index contributed by atoms with van der Waals surface area (Å²) in [4.78, 5) is 7.60. The molecule has 0 saturated carbocycles. The molecule has 0 radical (unpaired) electrons. The molecule has 1 aromatic carbocycles. The Morgan fingerprint density at radius 1 is 1.07 bits per heavy atom. The molecule has 0 amide bonds. The SMILES string of the molecule is COCC1CN(Cc2cn[nH]c2-c2ccc(F)cc2)CC1CN1CCCN(C)CC1. The molecule has 30 heavy (non-hydrogen) atoms. The maximum atomic E-state index is 13.3. The Morgan fingerprint density at radius 2 is 1.87 bits per heavy atom. The Balaban J connectivity index is 1.41. The zero-order chi connectivity index (χ0) is 20.9. The van der Waals surface area contributed by atoms with E-state index in [9.17, 15) is 4.39 Å². The third-order valence-electron chi connectivity index (χ3n) is 6.58. The van der Waals surface area contributed by atoms with Crippen molar-refractivity contribution >= 4 is 0 Å². The zero-order valence-electron chi connectivity index (χ0n) is 18.2. The van der Waals surface area contributed by atoms with Gasteiger partial charge in [-0.2, -0.15) is 5.10 Å². The first kappa shape index (κ1) is 21.4. The van der Waals surface area contributed by atoms with Crippen molar-refractivity contribution in [3.05, 3.63) is 41.8 Å². The molecule has 0 spiro atoms. The first-order chi connectivity index (χ1) is 14.6. The molecule has 2 aromatic rings. The molecule has 4 rings (SSSR count). The number of likely N-dealkylation sites (tertiary alicyclic amines) is 1. The van der Waals surface area contributed by atoms with Crippen LogP contribution in [0.2, 0.25) is 0 Å². The predicted molar refractivity (Wildman–Crippen MR) is 117 cm³/mol. The lowest BCUT2D eigenvalue weighted by Gasteiger charge is -2.26. The van der Waals surface area contributed by atoms with Crippen LogP contribution < -0.4 is 0 Å². The van der Waals surface area contributed by atoms with Crippen LogP contribution in [0.15, 0.2) is 30.5 Å². The van der Waals surface area contributed by atoms with E-state index < -0.39 is 0 Å². The third kappa shape index (κ3) is 5.27. The molecule has 2 aliphatic rings. The van der Waals surface area contributed by atoms with E-state index in [1.165, 1.54) is 31.6 Å². The molecular formula is C23H34FN5O. The molecule has 6 nitrogen and oxygen atoms in total. The molecule has 1 aromatic heterocycles. The summed E-state index contributed by atoms with van der Waals surface area (Å²) in [6.07, 6.45) is 3.15. The molecule has 3 heterocycles. The standard InChI is InChI=1S/C23H34FN5O/c1-27-8-3-9-28(11-10-27)14-20-15-29(16-21(20)17-30-2)13-19-12-25-26-23(19)18-4-6-22(24)7-5-18/h4-7,12,20-21H,3,8-11,13-17H2,1-2H3,(H,25,26). The van der Waals surface area contributed by atoms with Gasteiger partial charge in [-0.1, -0.05) is 0 Å². The lowest BCUT2D eigenvalue weighted by atomic mass is 9.96. The van der Waals surface area contributed by atoms with Crippen molar-refractivity contribution < 1.29 is 9.13 Å². The summed E-state index contributed by atoms with van der Waals surface area (Å²) < 4.78 is 18.9. The van der Waals surface area contributed by atoms with Gasteiger partial charge in [-0.05, 0) is 56.7 Å². The van der Waals surface area contributed by atoms with Crippen molar-refractivity contribution in [1.29, 1.82) is 0 Å². The predicted octanol–water partition coefficient (Wildman–Crippen LogP) is 2.55. The highest BCUT2D eigenvalue weighted by atomic mass is 19.1. The smallest absolute Gasteiger partial charge is 0.123 e. The summed E-state index contributed by atoms with van der Waals surface area (Å²) in [5.41, 5.74) is 3.12. The van der Waals surface area contributed by atoms with Gasteiger partial charge in [0.05, 0.1) is 18.5 Å². The van der Waals surface area contributed by atoms with Crippen molar-refractivity contribution in [2.24, 2.45) is 11.8 Å². The maximum absolute atomic E-state index is 13.3. The fourth-order valence-electron chi connectivity index (χ4n) is 4.93. The zero-order valence-corrected chi connectivity index (χ0v) is 18.2. The first-order valence-electron chi connectivity index (χ1n) is 11.0. The molecule has 2 unspecified atom stereocenters. The minimum absolute atomic E-state index is 0.218. The van der Waals surface area contributed by atoms with E-state index in [0.29, 0.717) is 11.8 Å². The Bertz CT molecular complexity index is 795. The number of rotatable bonds is 7. The Kier molecular flexibility index (Phi) is 7.15. The number of benzene rings is 1. The Hall–Kier alpha value is -1.80. The molecular weight excluding hydrogens is 381 g/mol. The molecule has 164 valence electrons. The van der Waals surface area contributed by atoms with Crippen molar-refractivity contribution in [2.75, 3.05) is 66.6 Å². The maximum Gasteiger partial charge on any atom is 0.123 e. The van der Waals surface area contributed by atoms with Gasteiger partial charge in [0.15, 0.2) is 0 Å². The summed E-state index contributed by atoms with van der Waals surface area (Å²) in [7, 11) is 4.03. The average molecular weight is 416 g/mol. The Labute approximate surface area is 179 Å². The highest BCUT2D eigenvalue weighted by molar-refractivity contribution is 5.62. The normalized spacial score (nSPS) is 24.4. The van der Waals surface area contributed by atoms with E-state index in [1.807, 2.05) is 25.4 Å². The number of likely N-dealkylation sites (N-methyl/N-ethyl adjacent to an activating group) is 1. The van der Waals surface area contributed by atoms with E-state index in [4.69, 9.17) is 4.74 Å². The Morgan fingerprint density at radius 3 is 2.67 bits per heavy atom. The molecule has 2 atom stereocenters. The van der Waals surface area contributed by atoms with E-state index >= 15 is 0 Å². The highest BCUT2D eigenvalue weighted by Gasteiger charge is 2.34. The van der Waals surface area contributed by atoms with Crippen LogP contribution in [-0.4, -0.2) is 91.5 Å². The summed E-state index contributed by atoms with van der Waals surface area (Å²) >= 11 is 0. The van der Waals surface area contributed by atoms with Crippen molar-refractivity contribution in [2.45, 2.75) is 13.0 Å². The first-order valence-corrected chi connectivity index (χ1v) is 11.0. The molecule has 2 aliphatic heterocycles. The van der Waals surface area contributed by atoms with Crippen LogP contribution in [0.25, 0.3) is 11.3 Å².